The molecule has 6 nitrogen and oxygen atoms in total. The van der Waals surface area contributed by atoms with Crippen molar-refractivity contribution in [2.75, 3.05) is 12.4 Å². The number of hydrogen-bond donors (Lipinski definition) is 2. The summed E-state index contributed by atoms with van der Waals surface area (Å²) in [6.07, 6.45) is 3.26. The predicted octanol–water partition coefficient (Wildman–Crippen LogP) is 4.52. The van der Waals surface area contributed by atoms with Crippen molar-refractivity contribution >= 4 is 35.2 Å². The number of amides is 2. The van der Waals surface area contributed by atoms with Gasteiger partial charge >= 0.3 is 0 Å². The standard InChI is InChI=1S/C24H25ClN4O2/c1-15-13-18(24(31)26-4)9-11-22(15)27-23(30)12-10-20-16(2)28-29(17(20)3)14-19-7-5-6-8-21(19)25/h5-13H,14H2,1-4H3,(H,26,31)(H,27,30). The molecule has 0 aliphatic rings. The van der Waals surface area contributed by atoms with Gasteiger partial charge in [-0.2, -0.15) is 5.10 Å². The first-order chi connectivity index (χ1) is 14.8. The lowest BCUT2D eigenvalue weighted by molar-refractivity contribution is -0.111. The van der Waals surface area contributed by atoms with E-state index in [0.29, 0.717) is 22.8 Å². The quantitative estimate of drug-likeness (QED) is 0.558. The molecule has 0 atom stereocenters. The van der Waals surface area contributed by atoms with Crippen molar-refractivity contribution in [3.05, 3.63) is 87.2 Å². The van der Waals surface area contributed by atoms with Crippen LogP contribution in [-0.2, 0) is 11.3 Å². The summed E-state index contributed by atoms with van der Waals surface area (Å²) in [4.78, 5) is 24.2. The summed E-state index contributed by atoms with van der Waals surface area (Å²) in [6.45, 7) is 6.29. The van der Waals surface area contributed by atoms with Crippen molar-refractivity contribution in [1.29, 1.82) is 0 Å². The summed E-state index contributed by atoms with van der Waals surface area (Å²) in [5.41, 5.74) is 5.68. The van der Waals surface area contributed by atoms with Gasteiger partial charge in [-0.15, -0.1) is 0 Å². The fourth-order valence-corrected chi connectivity index (χ4v) is 3.51. The lowest BCUT2D eigenvalue weighted by atomic mass is 10.1. The molecule has 1 heterocycles. The van der Waals surface area contributed by atoms with Crippen LogP contribution in [0.15, 0.2) is 48.5 Å². The molecule has 2 aromatic carbocycles. The highest BCUT2D eigenvalue weighted by molar-refractivity contribution is 6.31. The van der Waals surface area contributed by atoms with Crippen LogP contribution in [0.25, 0.3) is 6.08 Å². The number of aryl methyl sites for hydroxylation is 2. The summed E-state index contributed by atoms with van der Waals surface area (Å²) in [6, 6.07) is 12.8. The molecule has 2 N–H and O–H groups in total. The Hall–Kier alpha value is -3.38. The molecule has 0 fully saturated rings. The molecule has 3 aromatic rings. The summed E-state index contributed by atoms with van der Waals surface area (Å²) in [7, 11) is 1.58. The van der Waals surface area contributed by atoms with E-state index < -0.39 is 0 Å². The average Bonchev–Trinajstić information content (AvgIpc) is 3.01. The lowest BCUT2D eigenvalue weighted by Crippen LogP contribution is -2.18. The summed E-state index contributed by atoms with van der Waals surface area (Å²) < 4.78 is 1.88. The topological polar surface area (TPSA) is 76.0 Å². The van der Waals surface area contributed by atoms with Crippen LogP contribution in [0.1, 0.15) is 38.4 Å². The Labute approximate surface area is 186 Å². The smallest absolute Gasteiger partial charge is 0.251 e. The second kappa shape index (κ2) is 9.62. The molecule has 0 aliphatic carbocycles. The van der Waals surface area contributed by atoms with Gasteiger partial charge in [0.05, 0.1) is 12.2 Å². The summed E-state index contributed by atoms with van der Waals surface area (Å²) in [5, 5.41) is 10.7. The van der Waals surface area contributed by atoms with E-state index in [1.54, 1.807) is 31.3 Å². The van der Waals surface area contributed by atoms with Crippen molar-refractivity contribution in [2.45, 2.75) is 27.3 Å². The number of benzene rings is 2. The minimum absolute atomic E-state index is 0.166. The number of rotatable bonds is 6. The van der Waals surface area contributed by atoms with Gasteiger partial charge in [-0.05, 0) is 62.2 Å². The number of aromatic nitrogens is 2. The Morgan fingerprint density at radius 1 is 1.13 bits per heavy atom. The lowest BCUT2D eigenvalue weighted by Gasteiger charge is -2.08. The van der Waals surface area contributed by atoms with Gasteiger partial charge in [-0.25, -0.2) is 0 Å². The Morgan fingerprint density at radius 2 is 1.87 bits per heavy atom. The first-order valence-corrected chi connectivity index (χ1v) is 10.3. The van der Waals surface area contributed by atoms with Crippen LogP contribution in [0, 0.1) is 20.8 Å². The Morgan fingerprint density at radius 3 is 2.55 bits per heavy atom. The molecule has 31 heavy (non-hydrogen) atoms. The third kappa shape index (κ3) is 5.22. The van der Waals surface area contributed by atoms with Gasteiger partial charge in [-0.3, -0.25) is 14.3 Å². The molecule has 0 saturated carbocycles. The van der Waals surface area contributed by atoms with Gasteiger partial charge in [0.15, 0.2) is 0 Å². The van der Waals surface area contributed by atoms with Gasteiger partial charge < -0.3 is 10.6 Å². The van der Waals surface area contributed by atoms with Crippen molar-refractivity contribution in [3.8, 4) is 0 Å². The van der Waals surface area contributed by atoms with E-state index in [1.165, 1.54) is 6.08 Å². The van der Waals surface area contributed by atoms with Crippen molar-refractivity contribution in [1.82, 2.24) is 15.1 Å². The van der Waals surface area contributed by atoms with Gasteiger partial charge in [0.2, 0.25) is 5.91 Å². The summed E-state index contributed by atoms with van der Waals surface area (Å²) in [5.74, 6) is -0.422. The highest BCUT2D eigenvalue weighted by Crippen LogP contribution is 2.21. The van der Waals surface area contributed by atoms with Gasteiger partial charge in [-0.1, -0.05) is 29.8 Å². The van der Waals surface area contributed by atoms with E-state index in [4.69, 9.17) is 11.6 Å². The van der Waals surface area contributed by atoms with Crippen molar-refractivity contribution in [2.24, 2.45) is 0 Å². The molecule has 7 heteroatoms. The van der Waals surface area contributed by atoms with Crippen LogP contribution in [0.3, 0.4) is 0 Å². The second-order valence-corrected chi connectivity index (χ2v) is 7.67. The first kappa shape index (κ1) is 22.3. The third-order valence-corrected chi connectivity index (χ3v) is 5.46. The SMILES string of the molecule is CNC(=O)c1ccc(NC(=O)C=Cc2c(C)nn(Cc3ccccc3Cl)c2C)c(C)c1. The van der Waals surface area contributed by atoms with Crippen LogP contribution in [0.4, 0.5) is 5.69 Å². The number of carbonyl (C=O) groups is 2. The van der Waals surface area contributed by atoms with Crippen molar-refractivity contribution in [3.63, 3.8) is 0 Å². The molecule has 0 bridgehead atoms. The molecule has 160 valence electrons. The van der Waals surface area contributed by atoms with Gasteiger partial charge in [0.1, 0.15) is 0 Å². The molecule has 0 spiro atoms. The Balaban J connectivity index is 1.73. The van der Waals surface area contributed by atoms with Crippen molar-refractivity contribution < 1.29 is 9.59 Å². The van der Waals surface area contributed by atoms with Crippen LogP contribution >= 0.6 is 11.6 Å². The number of anilines is 1. The third-order valence-electron chi connectivity index (χ3n) is 5.09. The molecular weight excluding hydrogens is 412 g/mol. The minimum atomic E-state index is -0.256. The molecule has 0 unspecified atom stereocenters. The molecule has 3 rings (SSSR count). The Bertz CT molecular complexity index is 1160. The van der Waals surface area contributed by atoms with Crippen LogP contribution < -0.4 is 10.6 Å². The Kier molecular flexibility index (Phi) is 6.92. The van der Waals surface area contributed by atoms with E-state index in [-0.39, 0.29) is 11.8 Å². The molecule has 0 aliphatic heterocycles. The number of hydrogen-bond acceptors (Lipinski definition) is 3. The molecule has 1 aromatic heterocycles. The molecule has 0 radical (unpaired) electrons. The zero-order valence-corrected chi connectivity index (χ0v) is 18.7. The molecular formula is C24H25ClN4O2. The van der Waals surface area contributed by atoms with E-state index in [0.717, 1.165) is 28.1 Å². The molecule has 0 saturated heterocycles. The van der Waals surface area contributed by atoms with E-state index in [9.17, 15) is 9.59 Å². The predicted molar refractivity (Wildman–Crippen MR) is 124 cm³/mol. The van der Waals surface area contributed by atoms with E-state index in [1.807, 2.05) is 49.7 Å². The average molecular weight is 437 g/mol. The van der Waals surface area contributed by atoms with Gasteiger partial charge in [0.25, 0.3) is 5.91 Å². The fraction of sp³-hybridized carbons (Fsp3) is 0.208. The monoisotopic (exact) mass is 436 g/mol. The van der Waals surface area contributed by atoms with Crippen LogP contribution in [-0.4, -0.2) is 28.6 Å². The van der Waals surface area contributed by atoms with E-state index >= 15 is 0 Å². The zero-order valence-electron chi connectivity index (χ0n) is 18.0. The maximum absolute atomic E-state index is 12.5. The number of nitrogens with zero attached hydrogens (tertiary/aromatic N) is 2. The highest BCUT2D eigenvalue weighted by Gasteiger charge is 2.12. The maximum atomic E-state index is 12.5. The second-order valence-electron chi connectivity index (χ2n) is 7.26. The first-order valence-electron chi connectivity index (χ1n) is 9.89. The maximum Gasteiger partial charge on any atom is 0.251 e. The number of halogens is 1. The normalized spacial score (nSPS) is 11.0. The van der Waals surface area contributed by atoms with E-state index in [2.05, 4.69) is 15.7 Å². The summed E-state index contributed by atoms with van der Waals surface area (Å²) >= 11 is 6.27. The number of nitrogens with one attached hydrogen (secondary N) is 2. The van der Waals surface area contributed by atoms with Crippen LogP contribution in [0.2, 0.25) is 5.02 Å². The fourth-order valence-electron chi connectivity index (χ4n) is 3.32. The molecule has 2 amide bonds. The minimum Gasteiger partial charge on any atom is -0.355 e. The van der Waals surface area contributed by atoms with Crippen LogP contribution in [0.5, 0.6) is 0 Å². The largest absolute Gasteiger partial charge is 0.355 e. The van der Waals surface area contributed by atoms with Gasteiger partial charge in [0, 0.05) is 40.7 Å². The number of carbonyl (C=O) groups excluding carboxylic acids is 2. The highest BCUT2D eigenvalue weighted by atomic mass is 35.5. The zero-order chi connectivity index (χ0) is 22.5.